The van der Waals surface area contributed by atoms with E-state index in [1.165, 1.54) is 5.56 Å². The highest BCUT2D eigenvalue weighted by molar-refractivity contribution is 9.10. The fourth-order valence-electron chi connectivity index (χ4n) is 2.92. The topological polar surface area (TPSA) is 54.5 Å². The van der Waals surface area contributed by atoms with Gasteiger partial charge in [0.1, 0.15) is 0 Å². The van der Waals surface area contributed by atoms with E-state index in [4.69, 9.17) is 5.73 Å². The molecule has 0 radical (unpaired) electrons. The van der Waals surface area contributed by atoms with Gasteiger partial charge in [-0.05, 0) is 25.5 Å². The maximum absolute atomic E-state index is 6.10. The van der Waals surface area contributed by atoms with Crippen molar-refractivity contribution >= 4 is 32.8 Å². The summed E-state index contributed by atoms with van der Waals surface area (Å²) >= 11 is 3.60. The molecule has 0 aliphatic carbocycles. The first-order valence-corrected chi connectivity index (χ1v) is 8.04. The average Bonchev–Trinajstić information content (AvgIpc) is 2.89. The predicted octanol–water partition coefficient (Wildman–Crippen LogP) is 3.47. The van der Waals surface area contributed by atoms with Crippen molar-refractivity contribution in [3.63, 3.8) is 0 Å². The van der Waals surface area contributed by atoms with Gasteiger partial charge in [-0.3, -0.25) is 9.98 Å². The summed E-state index contributed by atoms with van der Waals surface area (Å²) in [5.41, 5.74) is 8.32. The quantitative estimate of drug-likeness (QED) is 0.925. The molecule has 2 aromatic rings. The molecular weight excluding hydrogens is 328 g/mol. The van der Waals surface area contributed by atoms with Crippen LogP contribution in [0.15, 0.2) is 39.9 Å². The summed E-state index contributed by atoms with van der Waals surface area (Å²) in [6.07, 6.45) is 2.87. The molecule has 2 unspecified atom stereocenters. The molecule has 0 spiro atoms. The third-order valence-electron chi connectivity index (χ3n) is 4.20. The highest BCUT2D eigenvalue weighted by Gasteiger charge is 2.31. The molecule has 110 valence electrons. The second-order valence-electron chi connectivity index (χ2n) is 5.42. The van der Waals surface area contributed by atoms with Crippen LogP contribution in [0.2, 0.25) is 0 Å². The van der Waals surface area contributed by atoms with E-state index in [-0.39, 0.29) is 6.04 Å². The van der Waals surface area contributed by atoms with E-state index in [0.717, 1.165) is 21.8 Å². The molecule has 2 N–H and O–H groups in total. The number of halogens is 1. The first-order chi connectivity index (χ1) is 10.1. The Bertz CT molecular complexity index is 698. The van der Waals surface area contributed by atoms with Crippen molar-refractivity contribution < 1.29 is 0 Å². The number of guanidine groups is 1. The Balaban J connectivity index is 2.11. The molecule has 0 fully saturated rings. The van der Waals surface area contributed by atoms with E-state index >= 15 is 0 Å². The highest BCUT2D eigenvalue weighted by Crippen LogP contribution is 2.34. The van der Waals surface area contributed by atoms with Gasteiger partial charge < -0.3 is 10.6 Å². The van der Waals surface area contributed by atoms with Gasteiger partial charge in [0, 0.05) is 27.7 Å². The van der Waals surface area contributed by atoms with Crippen LogP contribution in [0.5, 0.6) is 0 Å². The Labute approximate surface area is 133 Å². The van der Waals surface area contributed by atoms with Gasteiger partial charge in [0.05, 0.1) is 18.1 Å². The van der Waals surface area contributed by atoms with E-state index in [1.54, 1.807) is 0 Å². The van der Waals surface area contributed by atoms with Gasteiger partial charge in [0.15, 0.2) is 5.96 Å². The van der Waals surface area contributed by atoms with Crippen LogP contribution in [0.4, 0.5) is 0 Å². The predicted molar refractivity (Wildman–Crippen MR) is 90.3 cm³/mol. The van der Waals surface area contributed by atoms with Crippen molar-refractivity contribution in [1.82, 2.24) is 9.88 Å². The average molecular weight is 347 g/mol. The lowest BCUT2D eigenvalue weighted by atomic mass is 10.0. The molecule has 2 heterocycles. The summed E-state index contributed by atoms with van der Waals surface area (Å²) in [6.45, 7) is 5.06. The molecule has 3 rings (SSSR count). The molecule has 21 heavy (non-hydrogen) atoms. The van der Waals surface area contributed by atoms with Crippen LogP contribution < -0.4 is 5.73 Å². The molecule has 0 saturated carbocycles. The Morgan fingerprint density at radius 2 is 2.24 bits per heavy atom. The van der Waals surface area contributed by atoms with Gasteiger partial charge in [-0.1, -0.05) is 35.0 Å². The van der Waals surface area contributed by atoms with E-state index in [1.807, 2.05) is 12.3 Å². The molecule has 0 bridgehead atoms. The number of aliphatic imine (C=N–C) groups is 1. The van der Waals surface area contributed by atoms with Crippen LogP contribution in [0.25, 0.3) is 10.9 Å². The molecule has 1 aliphatic heterocycles. The van der Waals surface area contributed by atoms with Gasteiger partial charge in [0.2, 0.25) is 0 Å². The van der Waals surface area contributed by atoms with E-state index in [2.05, 4.69) is 62.9 Å². The maximum atomic E-state index is 6.10. The van der Waals surface area contributed by atoms with Crippen molar-refractivity contribution in [3.05, 3.63) is 40.5 Å². The zero-order chi connectivity index (χ0) is 15.0. The van der Waals surface area contributed by atoms with Gasteiger partial charge in [0.25, 0.3) is 0 Å². The fourth-order valence-corrected chi connectivity index (χ4v) is 3.37. The Morgan fingerprint density at radius 1 is 1.43 bits per heavy atom. The first kappa shape index (κ1) is 14.3. The molecular formula is C16H19BrN4. The summed E-state index contributed by atoms with van der Waals surface area (Å²) in [6, 6.07) is 8.80. The summed E-state index contributed by atoms with van der Waals surface area (Å²) < 4.78 is 1.07. The SMILES string of the molecule is CCC(C)N1C(N)=NCC1c1ccc(Br)c2cccnc12. The highest BCUT2D eigenvalue weighted by atomic mass is 79.9. The number of nitrogens with zero attached hydrogens (tertiary/aromatic N) is 3. The van der Waals surface area contributed by atoms with Gasteiger partial charge in [-0.2, -0.15) is 0 Å². The minimum Gasteiger partial charge on any atom is -0.370 e. The van der Waals surface area contributed by atoms with Gasteiger partial charge >= 0.3 is 0 Å². The van der Waals surface area contributed by atoms with Crippen LogP contribution in [-0.2, 0) is 0 Å². The van der Waals surface area contributed by atoms with Crippen LogP contribution in [0, 0.1) is 0 Å². The number of rotatable bonds is 3. The van der Waals surface area contributed by atoms with Gasteiger partial charge in [-0.15, -0.1) is 0 Å². The van der Waals surface area contributed by atoms with Crippen molar-refractivity contribution in [2.75, 3.05) is 6.54 Å². The largest absolute Gasteiger partial charge is 0.370 e. The van der Waals surface area contributed by atoms with E-state index in [0.29, 0.717) is 18.5 Å². The number of hydrogen-bond acceptors (Lipinski definition) is 4. The summed E-state index contributed by atoms with van der Waals surface area (Å²) in [7, 11) is 0. The smallest absolute Gasteiger partial charge is 0.192 e. The van der Waals surface area contributed by atoms with E-state index < -0.39 is 0 Å². The lowest BCUT2D eigenvalue weighted by Crippen LogP contribution is -2.42. The van der Waals surface area contributed by atoms with Crippen molar-refractivity contribution in [2.24, 2.45) is 10.7 Å². The van der Waals surface area contributed by atoms with Crippen LogP contribution in [0.3, 0.4) is 0 Å². The molecule has 0 saturated heterocycles. The Hall–Kier alpha value is -1.62. The number of benzene rings is 1. The van der Waals surface area contributed by atoms with Gasteiger partial charge in [-0.25, -0.2) is 0 Å². The van der Waals surface area contributed by atoms with Crippen molar-refractivity contribution in [2.45, 2.75) is 32.4 Å². The number of aromatic nitrogens is 1. The maximum Gasteiger partial charge on any atom is 0.192 e. The summed E-state index contributed by atoms with van der Waals surface area (Å²) in [4.78, 5) is 11.3. The number of nitrogens with two attached hydrogens (primary N) is 1. The standard InChI is InChI=1S/C16H19BrN4/c1-3-10(2)21-14(9-20-16(21)18)12-6-7-13(17)11-5-4-8-19-15(11)12/h4-8,10,14H,3,9H2,1-2H3,(H2,18,20). The second-order valence-corrected chi connectivity index (χ2v) is 6.27. The number of hydrogen-bond donors (Lipinski definition) is 1. The van der Waals surface area contributed by atoms with Crippen molar-refractivity contribution in [1.29, 1.82) is 0 Å². The lowest BCUT2D eigenvalue weighted by Gasteiger charge is -2.32. The molecule has 1 aromatic carbocycles. The molecule has 5 heteroatoms. The second kappa shape index (κ2) is 5.64. The fraction of sp³-hybridized carbons (Fsp3) is 0.375. The Morgan fingerprint density at radius 3 is 3.00 bits per heavy atom. The minimum atomic E-state index is 0.172. The molecule has 1 aliphatic rings. The summed E-state index contributed by atoms with van der Waals surface area (Å²) in [5, 5.41) is 1.13. The van der Waals surface area contributed by atoms with Crippen LogP contribution in [0.1, 0.15) is 31.9 Å². The number of pyridine rings is 1. The zero-order valence-corrected chi connectivity index (χ0v) is 13.8. The molecule has 2 atom stereocenters. The molecule has 4 nitrogen and oxygen atoms in total. The third kappa shape index (κ3) is 2.39. The molecule has 1 aromatic heterocycles. The third-order valence-corrected chi connectivity index (χ3v) is 4.89. The Kier molecular flexibility index (Phi) is 3.85. The number of fused-ring (bicyclic) bond motifs is 1. The van der Waals surface area contributed by atoms with Crippen LogP contribution in [-0.4, -0.2) is 28.4 Å². The van der Waals surface area contributed by atoms with Crippen LogP contribution >= 0.6 is 15.9 Å². The first-order valence-electron chi connectivity index (χ1n) is 7.24. The van der Waals surface area contributed by atoms with E-state index in [9.17, 15) is 0 Å². The normalized spacial score (nSPS) is 19.9. The lowest BCUT2D eigenvalue weighted by molar-refractivity contribution is 0.269. The summed E-state index contributed by atoms with van der Waals surface area (Å²) in [5.74, 6) is 0.640. The zero-order valence-electron chi connectivity index (χ0n) is 12.3. The van der Waals surface area contributed by atoms with Crippen molar-refractivity contribution in [3.8, 4) is 0 Å². The monoisotopic (exact) mass is 346 g/mol. The molecule has 0 amide bonds. The minimum absolute atomic E-state index is 0.172.